The number of carbonyl (C=O) groups is 2. The summed E-state index contributed by atoms with van der Waals surface area (Å²) in [6.07, 6.45) is 2.06. The van der Waals surface area contributed by atoms with Crippen LogP contribution in [0.15, 0.2) is 24.3 Å². The summed E-state index contributed by atoms with van der Waals surface area (Å²) in [5.41, 5.74) is 0.838. The van der Waals surface area contributed by atoms with E-state index in [9.17, 15) is 18.0 Å². The number of hydrogen-bond donors (Lipinski definition) is 1. The maximum absolute atomic E-state index is 12.1. The maximum Gasteiger partial charge on any atom is 0.330 e. The molecule has 1 heterocycles. The molecule has 1 aliphatic rings. The molecule has 1 aromatic carbocycles. The molecule has 0 aromatic heterocycles. The number of hydrogen-bond acceptors (Lipinski definition) is 5. The van der Waals surface area contributed by atoms with Gasteiger partial charge in [0, 0.05) is 19.0 Å². The number of sulfonamides is 1. The van der Waals surface area contributed by atoms with E-state index in [1.807, 2.05) is 19.1 Å². The van der Waals surface area contributed by atoms with Crippen LogP contribution in [0.5, 0.6) is 5.75 Å². The van der Waals surface area contributed by atoms with Gasteiger partial charge < -0.3 is 10.1 Å². The van der Waals surface area contributed by atoms with Crippen molar-refractivity contribution < 1.29 is 22.7 Å². The largest absolute Gasteiger partial charge is 0.425 e. The molecular weight excluding hydrogens is 332 g/mol. The number of rotatable bonds is 5. The molecule has 0 spiro atoms. The topological polar surface area (TPSA) is 92.8 Å². The molecule has 0 unspecified atom stereocenters. The maximum atomic E-state index is 12.1. The number of esters is 1. The van der Waals surface area contributed by atoms with E-state index in [2.05, 4.69) is 5.32 Å². The first-order chi connectivity index (χ1) is 11.3. The van der Waals surface area contributed by atoms with Gasteiger partial charge in [0.05, 0.1) is 6.26 Å². The second kappa shape index (κ2) is 7.76. The first-order valence-corrected chi connectivity index (χ1v) is 9.61. The average molecular weight is 354 g/mol. The zero-order valence-electron chi connectivity index (χ0n) is 13.8. The quantitative estimate of drug-likeness (QED) is 0.620. The number of amides is 1. The van der Waals surface area contributed by atoms with Crippen LogP contribution in [0.4, 0.5) is 0 Å². The Kier molecular flexibility index (Phi) is 5.95. The Balaban J connectivity index is 1.77. The molecule has 1 aliphatic heterocycles. The van der Waals surface area contributed by atoms with Gasteiger partial charge in [-0.05, 0) is 31.4 Å². The summed E-state index contributed by atoms with van der Waals surface area (Å²) < 4.78 is 29.5. The molecule has 0 bridgehead atoms. The number of ether oxygens (including phenoxy) is 1. The zero-order valence-corrected chi connectivity index (χ0v) is 14.6. The number of para-hydroxylation sites is 1. The average Bonchev–Trinajstić information content (AvgIpc) is 2.54. The fraction of sp³-hybridized carbons (Fsp3) is 0.500. The first kappa shape index (κ1) is 18.4. The predicted octanol–water partition coefficient (Wildman–Crippen LogP) is 0.688. The van der Waals surface area contributed by atoms with E-state index in [4.69, 9.17) is 4.74 Å². The number of benzene rings is 1. The van der Waals surface area contributed by atoms with Gasteiger partial charge in [0.25, 0.3) is 0 Å². The Bertz CT molecular complexity index is 709. The van der Waals surface area contributed by atoms with Crippen LogP contribution in [0.2, 0.25) is 0 Å². The highest BCUT2D eigenvalue weighted by molar-refractivity contribution is 7.88. The van der Waals surface area contributed by atoms with Crippen molar-refractivity contribution >= 4 is 21.9 Å². The fourth-order valence-corrected chi connectivity index (χ4v) is 3.46. The monoisotopic (exact) mass is 354 g/mol. The van der Waals surface area contributed by atoms with Crippen LogP contribution in [0, 0.1) is 12.8 Å². The lowest BCUT2D eigenvalue weighted by Crippen LogP contribution is -2.43. The molecule has 2 rings (SSSR count). The van der Waals surface area contributed by atoms with Gasteiger partial charge in [-0.25, -0.2) is 17.5 Å². The zero-order chi connectivity index (χ0) is 17.7. The summed E-state index contributed by atoms with van der Waals surface area (Å²) in [6, 6.07) is 7.13. The highest BCUT2D eigenvalue weighted by Crippen LogP contribution is 2.19. The van der Waals surface area contributed by atoms with Crippen molar-refractivity contribution in [1.29, 1.82) is 0 Å². The first-order valence-electron chi connectivity index (χ1n) is 7.76. The summed E-state index contributed by atoms with van der Waals surface area (Å²) in [4.78, 5) is 23.9. The van der Waals surface area contributed by atoms with E-state index in [1.54, 1.807) is 12.1 Å². The molecule has 1 fully saturated rings. The second-order valence-corrected chi connectivity index (χ2v) is 7.88. The van der Waals surface area contributed by atoms with Crippen LogP contribution < -0.4 is 10.1 Å². The Morgan fingerprint density at radius 3 is 2.46 bits per heavy atom. The van der Waals surface area contributed by atoms with Gasteiger partial charge >= 0.3 is 5.97 Å². The molecule has 0 radical (unpaired) electrons. The lowest BCUT2D eigenvalue weighted by atomic mass is 9.97. The van der Waals surface area contributed by atoms with Gasteiger partial charge in [-0.3, -0.25) is 4.79 Å². The molecule has 1 N–H and O–H groups in total. The Morgan fingerprint density at radius 2 is 1.88 bits per heavy atom. The second-order valence-electron chi connectivity index (χ2n) is 5.89. The van der Waals surface area contributed by atoms with Crippen LogP contribution in [0.3, 0.4) is 0 Å². The molecule has 1 saturated heterocycles. The van der Waals surface area contributed by atoms with E-state index in [-0.39, 0.29) is 18.4 Å². The molecule has 0 atom stereocenters. The summed E-state index contributed by atoms with van der Waals surface area (Å²) in [5, 5.41) is 2.56. The van der Waals surface area contributed by atoms with Crippen LogP contribution in [0.1, 0.15) is 18.4 Å². The number of piperidine rings is 1. The number of nitrogens with zero attached hydrogens (tertiary/aromatic N) is 1. The third-order valence-electron chi connectivity index (χ3n) is 4.02. The lowest BCUT2D eigenvalue weighted by molar-refractivity contribution is -0.136. The highest BCUT2D eigenvalue weighted by Gasteiger charge is 2.29. The van der Waals surface area contributed by atoms with Gasteiger partial charge in [0.2, 0.25) is 15.9 Å². The SMILES string of the molecule is Cc1ccccc1OC(=O)CNC(=O)C1CCN(S(C)(=O)=O)CC1. The van der Waals surface area contributed by atoms with E-state index >= 15 is 0 Å². The van der Waals surface area contributed by atoms with Gasteiger partial charge in [0.15, 0.2) is 0 Å². The Hall–Kier alpha value is -1.93. The third kappa shape index (κ3) is 5.04. The minimum absolute atomic E-state index is 0.209. The van der Waals surface area contributed by atoms with Crippen molar-refractivity contribution in [3.8, 4) is 5.75 Å². The summed E-state index contributed by atoms with van der Waals surface area (Å²) in [7, 11) is -3.21. The van der Waals surface area contributed by atoms with E-state index in [0.29, 0.717) is 31.7 Å². The normalized spacial score (nSPS) is 16.6. The van der Waals surface area contributed by atoms with Gasteiger partial charge in [-0.1, -0.05) is 18.2 Å². The minimum atomic E-state index is -3.21. The van der Waals surface area contributed by atoms with Crippen LogP contribution in [0.25, 0.3) is 0 Å². The van der Waals surface area contributed by atoms with E-state index in [0.717, 1.165) is 11.8 Å². The van der Waals surface area contributed by atoms with E-state index in [1.165, 1.54) is 4.31 Å². The molecule has 1 amide bonds. The third-order valence-corrected chi connectivity index (χ3v) is 5.32. The van der Waals surface area contributed by atoms with Crippen molar-refractivity contribution in [3.63, 3.8) is 0 Å². The van der Waals surface area contributed by atoms with Crippen LogP contribution in [-0.2, 0) is 19.6 Å². The molecule has 24 heavy (non-hydrogen) atoms. The predicted molar refractivity (Wildman–Crippen MR) is 89.0 cm³/mol. The molecule has 0 saturated carbocycles. The molecule has 8 heteroatoms. The van der Waals surface area contributed by atoms with E-state index < -0.39 is 16.0 Å². The van der Waals surface area contributed by atoms with Crippen LogP contribution >= 0.6 is 0 Å². The highest BCUT2D eigenvalue weighted by atomic mass is 32.2. The number of carbonyl (C=O) groups excluding carboxylic acids is 2. The molecule has 7 nitrogen and oxygen atoms in total. The van der Waals surface area contributed by atoms with Gasteiger partial charge in [-0.2, -0.15) is 0 Å². The van der Waals surface area contributed by atoms with Crippen molar-refractivity contribution in [2.75, 3.05) is 25.9 Å². The standard InChI is InChI=1S/C16H22N2O5S/c1-12-5-3-4-6-14(12)23-15(19)11-17-16(20)13-7-9-18(10-8-13)24(2,21)22/h3-6,13H,7-11H2,1-2H3,(H,17,20). The molecule has 132 valence electrons. The minimum Gasteiger partial charge on any atom is -0.425 e. The van der Waals surface area contributed by atoms with Gasteiger partial charge in [-0.15, -0.1) is 0 Å². The smallest absolute Gasteiger partial charge is 0.330 e. The van der Waals surface area contributed by atoms with Crippen molar-refractivity contribution in [1.82, 2.24) is 9.62 Å². The fourth-order valence-electron chi connectivity index (χ4n) is 2.58. The summed E-state index contributed by atoms with van der Waals surface area (Å²) in [6.45, 7) is 2.27. The number of aryl methyl sites for hydroxylation is 1. The Labute approximate surface area is 142 Å². The molecular formula is C16H22N2O5S. The van der Waals surface area contributed by atoms with Crippen molar-refractivity contribution in [2.24, 2.45) is 5.92 Å². The van der Waals surface area contributed by atoms with Crippen molar-refractivity contribution in [2.45, 2.75) is 19.8 Å². The molecule has 1 aromatic rings. The summed E-state index contributed by atoms with van der Waals surface area (Å²) >= 11 is 0. The van der Waals surface area contributed by atoms with Crippen molar-refractivity contribution in [3.05, 3.63) is 29.8 Å². The lowest BCUT2D eigenvalue weighted by Gasteiger charge is -2.29. The molecule has 0 aliphatic carbocycles. The summed E-state index contributed by atoms with van der Waals surface area (Å²) in [5.74, 6) is -0.594. The van der Waals surface area contributed by atoms with Crippen LogP contribution in [-0.4, -0.2) is 50.5 Å². The Morgan fingerprint density at radius 1 is 1.25 bits per heavy atom. The number of nitrogens with one attached hydrogen (secondary N) is 1. The van der Waals surface area contributed by atoms with Gasteiger partial charge in [0.1, 0.15) is 12.3 Å².